The first-order valence-corrected chi connectivity index (χ1v) is 30.3. The Bertz CT molecular complexity index is 5340. The third-order valence-electron chi connectivity index (χ3n) is 18.8. The van der Waals surface area contributed by atoms with Crippen molar-refractivity contribution in [1.82, 2.24) is 9.13 Å². The summed E-state index contributed by atoms with van der Waals surface area (Å²) in [5, 5.41) is 14.3. The second-order valence-electron chi connectivity index (χ2n) is 23.3. The minimum absolute atomic E-state index is 0.204. The molecule has 0 unspecified atom stereocenters. The van der Waals surface area contributed by atoms with Crippen molar-refractivity contribution in [3.8, 4) is 67.0 Å². The highest BCUT2D eigenvalue weighted by atomic mass is 15.0. The molecule has 14 aromatic carbocycles. The van der Waals surface area contributed by atoms with Crippen molar-refractivity contribution in [3.05, 3.63) is 322 Å². The fourth-order valence-corrected chi connectivity index (χ4v) is 15.2. The number of para-hydroxylation sites is 4. The number of fused-ring (bicyclic) bond motifs is 18. The zero-order chi connectivity index (χ0) is 57.1. The van der Waals surface area contributed by atoms with E-state index in [1.54, 1.807) is 0 Å². The van der Waals surface area contributed by atoms with E-state index in [-0.39, 0.29) is 6.71 Å². The summed E-state index contributed by atoms with van der Waals surface area (Å²) < 4.78 is 5.46. The number of hydrogen-bond acceptors (Lipinski definition) is 0. The lowest BCUT2D eigenvalue weighted by molar-refractivity contribution is 1.14. The zero-order valence-corrected chi connectivity index (χ0v) is 47.6. The van der Waals surface area contributed by atoms with Gasteiger partial charge in [0.2, 0.25) is 0 Å². The van der Waals surface area contributed by atoms with Gasteiger partial charge >= 0.3 is 0 Å². The van der Waals surface area contributed by atoms with Crippen LogP contribution in [0, 0.1) is 0 Å². The first-order valence-electron chi connectivity index (χ1n) is 30.3. The molecule has 2 nitrogen and oxygen atoms in total. The van der Waals surface area contributed by atoms with Crippen LogP contribution in [0.15, 0.2) is 322 Å². The Balaban J connectivity index is 1.18. The normalized spacial score (nSPS) is 12.1. The van der Waals surface area contributed by atoms with E-state index in [1.807, 2.05) is 0 Å². The van der Waals surface area contributed by atoms with Crippen molar-refractivity contribution < 1.29 is 0 Å². The van der Waals surface area contributed by atoms with E-state index in [2.05, 4.69) is 331 Å². The van der Waals surface area contributed by atoms with Crippen molar-refractivity contribution in [3.63, 3.8) is 0 Å². The fourth-order valence-electron chi connectivity index (χ4n) is 15.2. The molecule has 16 aromatic rings. The van der Waals surface area contributed by atoms with Crippen LogP contribution in [0.5, 0.6) is 0 Å². The molecule has 0 atom stereocenters. The molecule has 2 aliphatic rings. The van der Waals surface area contributed by atoms with Crippen molar-refractivity contribution in [2.75, 3.05) is 0 Å². The maximum atomic E-state index is 2.73. The standard InChI is InChI=1S/C84H53BN2/c1-5-26-54(27-6-1)59-42-21-43-60(55-28-7-2-8-29-55)79(59)58-52-77-80-78(53-58)87-82-62(57-32-11-4-12-33-57)45-23-47-72(82)68-39-18-14-35-64(68)66-37-16-20-41-70(66)74-49-25-51-76(84(74)87)85(80)75-50-24-48-73-69-40-19-15-36-65(69)63-34-13-17-38-67(63)71-46-22-44-61(56-30-9-3-10-31-56)81(71)86(77)83(73)75/h1-53H. The molecule has 0 spiro atoms. The molecule has 18 rings (SSSR count). The Morgan fingerprint density at radius 2 is 0.448 bits per heavy atom. The van der Waals surface area contributed by atoms with Crippen LogP contribution in [-0.2, 0) is 0 Å². The maximum Gasteiger partial charge on any atom is 0.252 e. The molecule has 0 amide bonds. The summed E-state index contributed by atoms with van der Waals surface area (Å²) in [6.45, 7) is -0.204. The summed E-state index contributed by atoms with van der Waals surface area (Å²) in [5.74, 6) is 0. The molecule has 87 heavy (non-hydrogen) atoms. The van der Waals surface area contributed by atoms with Crippen LogP contribution in [-0.4, -0.2) is 15.8 Å². The minimum atomic E-state index is -0.204. The van der Waals surface area contributed by atoms with Crippen molar-refractivity contribution in [2.45, 2.75) is 0 Å². The van der Waals surface area contributed by atoms with Gasteiger partial charge in [-0.05, 0) is 116 Å². The van der Waals surface area contributed by atoms with Crippen molar-refractivity contribution >= 4 is 110 Å². The summed E-state index contributed by atoms with van der Waals surface area (Å²) in [5.41, 5.74) is 22.4. The molecule has 2 aromatic heterocycles. The van der Waals surface area contributed by atoms with Crippen LogP contribution in [0.2, 0.25) is 0 Å². The van der Waals surface area contributed by atoms with Gasteiger partial charge in [0.25, 0.3) is 6.71 Å². The summed E-state index contributed by atoms with van der Waals surface area (Å²) >= 11 is 0. The second-order valence-corrected chi connectivity index (χ2v) is 23.3. The van der Waals surface area contributed by atoms with Gasteiger partial charge in [0.1, 0.15) is 0 Å². The van der Waals surface area contributed by atoms with Crippen LogP contribution < -0.4 is 16.4 Å². The van der Waals surface area contributed by atoms with E-state index in [0.717, 1.165) is 61.4 Å². The van der Waals surface area contributed by atoms with Gasteiger partial charge in [0, 0.05) is 55.1 Å². The van der Waals surface area contributed by atoms with Crippen molar-refractivity contribution in [1.29, 1.82) is 0 Å². The Morgan fingerprint density at radius 1 is 0.195 bits per heavy atom. The van der Waals surface area contributed by atoms with Gasteiger partial charge in [-0.1, -0.05) is 309 Å². The molecule has 402 valence electrons. The predicted octanol–water partition coefficient (Wildman–Crippen LogP) is 20.2. The van der Waals surface area contributed by atoms with Crippen LogP contribution in [0.25, 0.3) is 154 Å². The van der Waals surface area contributed by atoms with Gasteiger partial charge < -0.3 is 9.13 Å². The van der Waals surface area contributed by atoms with Gasteiger partial charge in [-0.2, -0.15) is 0 Å². The number of aromatic nitrogens is 2. The van der Waals surface area contributed by atoms with Crippen LogP contribution in [0.1, 0.15) is 0 Å². The van der Waals surface area contributed by atoms with Crippen LogP contribution in [0.3, 0.4) is 0 Å². The van der Waals surface area contributed by atoms with E-state index in [1.165, 1.54) is 109 Å². The van der Waals surface area contributed by atoms with Gasteiger partial charge in [0.05, 0.1) is 11.0 Å². The largest absolute Gasteiger partial charge is 0.310 e. The molecule has 0 fully saturated rings. The Labute approximate surface area is 504 Å². The Morgan fingerprint density at radius 3 is 0.793 bits per heavy atom. The molecule has 4 heterocycles. The SMILES string of the molecule is c1ccc(-c2cccc(-c3ccccc3)c2-c2cc3c4c(c2)-n2c5c(cccc5c5ccccc5c5ccccc5c5cccc(-c6ccccc6)c52)B4c2cccc4c5ccccc5c5ccccc5c5cccc(-c6ccccc6)c5n-3c24)cc1. The molecule has 3 heteroatoms. The highest BCUT2D eigenvalue weighted by Gasteiger charge is 2.41. The molecule has 0 N–H and O–H groups in total. The monoisotopic (exact) mass is 1100 g/mol. The fraction of sp³-hybridized carbons (Fsp3) is 0. The lowest BCUT2D eigenvalue weighted by Crippen LogP contribution is -2.59. The second kappa shape index (κ2) is 19.7. The van der Waals surface area contributed by atoms with Gasteiger partial charge in [-0.3, -0.25) is 0 Å². The summed E-state index contributed by atoms with van der Waals surface area (Å²) in [6.07, 6.45) is 0. The molecule has 0 saturated carbocycles. The van der Waals surface area contributed by atoms with E-state index >= 15 is 0 Å². The van der Waals surface area contributed by atoms with E-state index in [9.17, 15) is 0 Å². The van der Waals surface area contributed by atoms with Gasteiger partial charge in [-0.25, -0.2) is 0 Å². The Kier molecular flexibility index (Phi) is 11.1. The lowest BCUT2D eigenvalue weighted by Gasteiger charge is -2.37. The molecule has 0 bridgehead atoms. The van der Waals surface area contributed by atoms with Crippen LogP contribution in [0.4, 0.5) is 0 Å². The van der Waals surface area contributed by atoms with Crippen LogP contribution >= 0.6 is 0 Å². The third-order valence-corrected chi connectivity index (χ3v) is 18.8. The number of rotatable bonds is 5. The van der Waals surface area contributed by atoms with E-state index in [0.29, 0.717) is 0 Å². The third kappa shape index (κ3) is 7.43. The number of hydrogen-bond donors (Lipinski definition) is 0. The molecular formula is C84H53BN2. The van der Waals surface area contributed by atoms with Crippen molar-refractivity contribution in [2.24, 2.45) is 0 Å². The highest BCUT2D eigenvalue weighted by molar-refractivity contribution is 7.00. The lowest BCUT2D eigenvalue weighted by atomic mass is 9.34. The molecule has 0 radical (unpaired) electrons. The minimum Gasteiger partial charge on any atom is -0.310 e. The first-order chi connectivity index (χ1) is 43.2. The summed E-state index contributed by atoms with van der Waals surface area (Å²) in [7, 11) is 0. The number of nitrogens with zero attached hydrogens (tertiary/aromatic N) is 2. The Hall–Kier alpha value is -11.3. The van der Waals surface area contributed by atoms with E-state index < -0.39 is 0 Å². The topological polar surface area (TPSA) is 9.86 Å². The summed E-state index contributed by atoms with van der Waals surface area (Å²) in [6, 6.07) is 121. The zero-order valence-electron chi connectivity index (χ0n) is 47.6. The molecular weight excluding hydrogens is 1050 g/mol. The van der Waals surface area contributed by atoms with Gasteiger partial charge in [0.15, 0.2) is 0 Å². The highest BCUT2D eigenvalue weighted by Crippen LogP contribution is 2.47. The van der Waals surface area contributed by atoms with E-state index in [4.69, 9.17) is 0 Å². The summed E-state index contributed by atoms with van der Waals surface area (Å²) in [4.78, 5) is 0. The first kappa shape index (κ1) is 49.2. The van der Waals surface area contributed by atoms with Gasteiger partial charge in [-0.15, -0.1) is 0 Å². The molecule has 0 saturated heterocycles. The average Bonchev–Trinajstić information content (AvgIpc) is 1.62. The molecule has 2 aliphatic heterocycles. The smallest absolute Gasteiger partial charge is 0.252 e. The quantitative estimate of drug-likeness (QED) is 0.152. The maximum absolute atomic E-state index is 2.73. The average molecular weight is 1100 g/mol. The number of benzene rings is 14. The predicted molar refractivity (Wildman–Crippen MR) is 372 cm³/mol. The molecule has 0 aliphatic carbocycles.